The molecule has 0 spiro atoms. The minimum atomic E-state index is -0.986. The van der Waals surface area contributed by atoms with Gasteiger partial charge in [-0.05, 0) is 55.0 Å². The van der Waals surface area contributed by atoms with Crippen molar-refractivity contribution in [2.45, 2.75) is 46.1 Å². The van der Waals surface area contributed by atoms with Crippen LogP contribution in [-0.4, -0.2) is 48.1 Å². The van der Waals surface area contributed by atoms with Crippen LogP contribution in [-0.2, 0) is 4.79 Å². The second kappa shape index (κ2) is 11.0. The average Bonchev–Trinajstić information content (AvgIpc) is 2.95. The lowest BCUT2D eigenvalue weighted by Gasteiger charge is -2.37. The van der Waals surface area contributed by atoms with Crippen LogP contribution in [0.1, 0.15) is 50.4 Å². The summed E-state index contributed by atoms with van der Waals surface area (Å²) in [5, 5.41) is 10.5. The van der Waals surface area contributed by atoms with Crippen LogP contribution in [0.2, 0.25) is 0 Å². The number of aromatic hydroxyl groups is 1. The number of hydrogen-bond acceptors (Lipinski definition) is 6. The Morgan fingerprint density at radius 2 is 1.90 bits per heavy atom. The van der Waals surface area contributed by atoms with E-state index >= 15 is 4.39 Å². The Morgan fingerprint density at radius 3 is 2.55 bits per heavy atom. The fraction of sp³-hybridized carbons (Fsp3) is 0.323. The number of carbonyl (C=O) groups excluding carboxylic acids is 1. The molecular formula is C31H31F2N5O4. The maximum atomic E-state index is 15.9. The molecule has 11 heteroatoms. The van der Waals surface area contributed by atoms with Gasteiger partial charge in [0.05, 0.1) is 22.5 Å². The van der Waals surface area contributed by atoms with Gasteiger partial charge in [0.2, 0.25) is 5.91 Å². The second-order valence-corrected chi connectivity index (χ2v) is 10.9. The number of halogens is 2. The van der Waals surface area contributed by atoms with Crippen LogP contribution in [0.25, 0.3) is 28.1 Å². The smallest absolute Gasteiger partial charge is 0.322 e. The number of hydrogen-bond donors (Lipinski definition) is 1. The van der Waals surface area contributed by atoms with Gasteiger partial charge in [-0.1, -0.05) is 33.4 Å². The van der Waals surface area contributed by atoms with E-state index in [0.29, 0.717) is 36.5 Å². The van der Waals surface area contributed by atoms with Crippen LogP contribution in [0, 0.1) is 24.5 Å². The van der Waals surface area contributed by atoms with Crippen LogP contribution in [0.15, 0.2) is 58.8 Å². The van der Waals surface area contributed by atoms with Crippen LogP contribution >= 0.6 is 0 Å². The molecule has 4 aromatic rings. The number of amides is 1. The molecule has 1 aliphatic rings. The fourth-order valence-corrected chi connectivity index (χ4v) is 5.81. The molecule has 1 amide bonds. The molecule has 1 aliphatic heterocycles. The second-order valence-electron chi connectivity index (χ2n) is 10.9. The monoisotopic (exact) mass is 575 g/mol. The third-order valence-corrected chi connectivity index (χ3v) is 7.84. The number of fused-ring (bicyclic) bond motifs is 1. The molecule has 1 fully saturated rings. The van der Waals surface area contributed by atoms with Crippen LogP contribution in [0.4, 0.5) is 8.78 Å². The Balaban J connectivity index is 1.89. The predicted molar refractivity (Wildman–Crippen MR) is 155 cm³/mol. The lowest BCUT2D eigenvalue weighted by atomic mass is 9.93. The molecule has 218 valence electrons. The molecule has 1 unspecified atom stereocenters. The number of phenols is 1. The molecule has 2 atom stereocenters. The van der Waals surface area contributed by atoms with Gasteiger partial charge < -0.3 is 10.0 Å². The highest BCUT2D eigenvalue weighted by Gasteiger charge is 2.33. The zero-order chi connectivity index (χ0) is 30.5. The highest BCUT2D eigenvalue weighted by atomic mass is 19.1. The van der Waals surface area contributed by atoms with Crippen molar-refractivity contribution in [1.29, 1.82) is 0 Å². The molecule has 0 aliphatic carbocycles. The molecule has 1 aromatic carbocycles. The zero-order valence-electron chi connectivity index (χ0n) is 23.8. The maximum absolute atomic E-state index is 15.9. The molecule has 0 bridgehead atoms. The summed E-state index contributed by atoms with van der Waals surface area (Å²) in [6.07, 6.45) is 3.13. The number of pyridine rings is 2. The highest BCUT2D eigenvalue weighted by molar-refractivity contribution is 5.87. The van der Waals surface area contributed by atoms with Gasteiger partial charge in [-0.2, -0.15) is 0 Å². The Morgan fingerprint density at radius 1 is 1.17 bits per heavy atom. The molecule has 1 N–H and O–H groups in total. The lowest BCUT2D eigenvalue weighted by molar-refractivity contribution is -0.128. The number of carbonyl (C=O) groups is 1. The molecule has 3 aromatic heterocycles. The topological polar surface area (TPSA) is 110 Å². The van der Waals surface area contributed by atoms with Crippen molar-refractivity contribution in [3.05, 3.63) is 92.8 Å². The number of piperidine rings is 1. The summed E-state index contributed by atoms with van der Waals surface area (Å²) in [6, 6.07) is 5.72. The first-order chi connectivity index (χ1) is 20.0. The minimum Gasteiger partial charge on any atom is -0.507 e. The van der Waals surface area contributed by atoms with E-state index in [1.54, 1.807) is 24.1 Å². The summed E-state index contributed by atoms with van der Waals surface area (Å²) in [4.78, 5) is 50.7. The summed E-state index contributed by atoms with van der Waals surface area (Å²) in [5.41, 5.74) is -1.39. The van der Waals surface area contributed by atoms with E-state index in [1.165, 1.54) is 22.8 Å². The highest BCUT2D eigenvalue weighted by Crippen LogP contribution is 2.36. The van der Waals surface area contributed by atoms with Gasteiger partial charge in [0, 0.05) is 31.4 Å². The van der Waals surface area contributed by atoms with E-state index in [9.17, 15) is 23.9 Å². The standard InChI is InChI=1S/C31H31F2N5O4/c1-6-24(40)36-13-11-21(18(5)15-36)37-22-14-20(33)27(25-19(32)8-7-9-23(25)39)35-29(22)38(31(42)30(37)41)28-17(4)10-12-34-26(28)16(2)3/h6-10,12,14,16,18,21,39H,1,11,13,15H2,2-5H3/t18-,21?/m0/s1. The van der Waals surface area contributed by atoms with Gasteiger partial charge in [-0.25, -0.2) is 13.8 Å². The first kappa shape index (κ1) is 28.8. The van der Waals surface area contributed by atoms with Crippen molar-refractivity contribution < 1.29 is 18.7 Å². The number of rotatable bonds is 5. The Hall–Kier alpha value is -4.67. The normalized spacial score (nSPS) is 17.2. The predicted octanol–water partition coefficient (Wildman–Crippen LogP) is 4.62. The maximum Gasteiger partial charge on any atom is 0.322 e. The number of aromatic nitrogens is 4. The van der Waals surface area contributed by atoms with Crippen LogP contribution in [0.3, 0.4) is 0 Å². The van der Waals surface area contributed by atoms with Crippen molar-refractivity contribution in [2.75, 3.05) is 13.1 Å². The first-order valence-corrected chi connectivity index (χ1v) is 13.7. The average molecular weight is 576 g/mol. The van der Waals surface area contributed by atoms with Crippen LogP contribution in [0.5, 0.6) is 5.75 Å². The third-order valence-electron chi connectivity index (χ3n) is 7.84. The van der Waals surface area contributed by atoms with E-state index in [1.807, 2.05) is 20.8 Å². The van der Waals surface area contributed by atoms with Gasteiger partial charge in [-0.15, -0.1) is 0 Å². The van der Waals surface area contributed by atoms with Gasteiger partial charge in [0.1, 0.15) is 17.3 Å². The fourth-order valence-electron chi connectivity index (χ4n) is 5.81. The van der Waals surface area contributed by atoms with E-state index < -0.39 is 45.8 Å². The number of benzene rings is 1. The SMILES string of the molecule is C=CC(=O)N1CCC(n2c(=O)c(=O)n(-c3c(C)ccnc3C(C)C)c3nc(-c4c(O)cccc4F)c(F)cc32)[C@@H](C)C1. The molecule has 0 radical (unpaired) electrons. The molecule has 42 heavy (non-hydrogen) atoms. The minimum absolute atomic E-state index is 0.0231. The summed E-state index contributed by atoms with van der Waals surface area (Å²) >= 11 is 0. The largest absolute Gasteiger partial charge is 0.507 e. The molecule has 9 nitrogen and oxygen atoms in total. The van der Waals surface area contributed by atoms with E-state index in [-0.39, 0.29) is 28.9 Å². The van der Waals surface area contributed by atoms with Gasteiger partial charge in [0.25, 0.3) is 0 Å². The third kappa shape index (κ3) is 4.68. The van der Waals surface area contributed by atoms with Crippen molar-refractivity contribution in [3.63, 3.8) is 0 Å². The van der Waals surface area contributed by atoms with Crippen molar-refractivity contribution in [1.82, 2.24) is 24.0 Å². The van der Waals surface area contributed by atoms with Gasteiger partial charge in [-0.3, -0.25) is 28.5 Å². The molecule has 4 heterocycles. The summed E-state index contributed by atoms with van der Waals surface area (Å²) in [6.45, 7) is 11.5. The quantitative estimate of drug-likeness (QED) is 0.275. The molecule has 0 saturated carbocycles. The Kier molecular flexibility index (Phi) is 7.53. The van der Waals surface area contributed by atoms with Gasteiger partial charge >= 0.3 is 11.1 Å². The summed E-state index contributed by atoms with van der Waals surface area (Å²) < 4.78 is 33.2. The lowest BCUT2D eigenvalue weighted by Crippen LogP contribution is -2.49. The van der Waals surface area contributed by atoms with Crippen molar-refractivity contribution in [2.24, 2.45) is 5.92 Å². The first-order valence-electron chi connectivity index (χ1n) is 13.7. The molecular weight excluding hydrogens is 544 g/mol. The van der Waals surface area contributed by atoms with E-state index in [2.05, 4.69) is 16.5 Å². The molecule has 1 saturated heterocycles. The summed E-state index contributed by atoms with van der Waals surface area (Å²) in [5.74, 6) is -3.12. The summed E-state index contributed by atoms with van der Waals surface area (Å²) in [7, 11) is 0. The zero-order valence-corrected chi connectivity index (χ0v) is 23.8. The Labute approximate surface area is 240 Å². The number of likely N-dealkylation sites (tertiary alicyclic amines) is 1. The van der Waals surface area contributed by atoms with E-state index in [0.717, 1.165) is 16.7 Å². The van der Waals surface area contributed by atoms with Crippen molar-refractivity contribution in [3.8, 4) is 22.7 Å². The van der Waals surface area contributed by atoms with E-state index in [4.69, 9.17) is 0 Å². The molecule has 5 rings (SSSR count). The number of nitrogens with zero attached hydrogens (tertiary/aromatic N) is 5. The number of phenolic OH excluding ortho intramolecular Hbond substituents is 1. The Bertz CT molecular complexity index is 1840. The van der Waals surface area contributed by atoms with Gasteiger partial charge in [0.15, 0.2) is 11.5 Å². The van der Waals surface area contributed by atoms with Crippen molar-refractivity contribution >= 4 is 17.1 Å². The number of aryl methyl sites for hydroxylation is 1. The van der Waals surface area contributed by atoms with Crippen LogP contribution < -0.4 is 11.1 Å².